The average molecular weight is 422 g/mol. The van der Waals surface area contributed by atoms with Gasteiger partial charge in [0.15, 0.2) is 0 Å². The summed E-state index contributed by atoms with van der Waals surface area (Å²) in [5.74, 6) is 0. The third-order valence-electron chi connectivity index (χ3n) is 2.20. The van der Waals surface area contributed by atoms with E-state index in [4.69, 9.17) is 24.4 Å². The molecule has 0 radical (unpaired) electrons. The predicted molar refractivity (Wildman–Crippen MR) is 99.4 cm³/mol. The Kier molecular flexibility index (Phi) is 11.9. The number of rotatable bonds is 5. The predicted octanol–water partition coefficient (Wildman–Crippen LogP) is 4.04. The van der Waals surface area contributed by atoms with Crippen molar-refractivity contribution in [3.05, 3.63) is 0 Å². The number of hydrogen-bond acceptors (Lipinski definition) is 4. The van der Waals surface area contributed by atoms with Crippen LogP contribution in [0.3, 0.4) is 0 Å². The highest BCUT2D eigenvalue weighted by molar-refractivity contribution is 14.1. The summed E-state index contributed by atoms with van der Waals surface area (Å²) in [5, 5.41) is 0. The van der Waals surface area contributed by atoms with Gasteiger partial charge in [0.05, 0.1) is 0 Å². The Labute approximate surface area is 137 Å². The van der Waals surface area contributed by atoms with Crippen LogP contribution in [0.1, 0.15) is 20.8 Å². The minimum Gasteiger partial charge on any atom is -0.357 e. The Bertz CT molecular complexity index is 246. The molecule has 0 spiro atoms. The van der Waals surface area contributed by atoms with Crippen molar-refractivity contribution in [1.82, 2.24) is 9.80 Å². The van der Waals surface area contributed by atoms with Crippen LogP contribution in [0.2, 0.25) is 0 Å². The highest BCUT2D eigenvalue weighted by atomic mass is 127. The van der Waals surface area contributed by atoms with Gasteiger partial charge in [0, 0.05) is 30.6 Å². The van der Waals surface area contributed by atoms with E-state index in [2.05, 4.69) is 53.2 Å². The second-order valence-corrected chi connectivity index (χ2v) is 7.62. The number of alkyl halides is 1. The largest absolute Gasteiger partial charge is 0.357 e. The van der Waals surface area contributed by atoms with Gasteiger partial charge in [-0.3, -0.25) is 0 Å². The van der Waals surface area contributed by atoms with Crippen molar-refractivity contribution < 1.29 is 0 Å². The number of hydrogen-bond donors (Lipinski definition) is 0. The summed E-state index contributed by atoms with van der Waals surface area (Å²) < 4.78 is 2.95. The molecule has 100 valence electrons. The number of thiocarbonyl (C=S) groups is 2. The molecule has 0 aliphatic rings. The molecule has 0 aromatic carbocycles. The Morgan fingerprint density at radius 1 is 0.941 bits per heavy atom. The molecule has 0 atom stereocenters. The van der Waals surface area contributed by atoms with Crippen LogP contribution < -0.4 is 0 Å². The van der Waals surface area contributed by atoms with Crippen LogP contribution in [0.4, 0.5) is 0 Å². The van der Waals surface area contributed by atoms with E-state index in [0.717, 1.165) is 39.2 Å². The van der Waals surface area contributed by atoms with Gasteiger partial charge in [-0.25, -0.2) is 0 Å². The van der Waals surface area contributed by atoms with Gasteiger partial charge < -0.3 is 9.80 Å². The van der Waals surface area contributed by atoms with Gasteiger partial charge in [-0.05, 0) is 42.4 Å². The molecule has 2 nitrogen and oxygen atoms in total. The lowest BCUT2D eigenvalue weighted by Gasteiger charge is -2.24. The maximum absolute atomic E-state index is 5.40. The maximum Gasteiger partial charge on any atom is 0.147 e. The third kappa shape index (κ3) is 7.39. The van der Waals surface area contributed by atoms with Crippen molar-refractivity contribution in [2.45, 2.75) is 20.8 Å². The van der Waals surface area contributed by atoms with Crippen LogP contribution in [0.5, 0.6) is 0 Å². The summed E-state index contributed by atoms with van der Waals surface area (Å²) in [4.78, 5) is 4.38. The Balaban J connectivity index is 4.09. The summed E-state index contributed by atoms with van der Waals surface area (Å²) in [7, 11) is 3.20. The molecule has 17 heavy (non-hydrogen) atoms. The normalized spacial score (nSPS) is 10.1. The van der Waals surface area contributed by atoms with Crippen LogP contribution in [-0.2, 0) is 0 Å². The molecule has 0 aromatic heterocycles. The van der Waals surface area contributed by atoms with Gasteiger partial charge in [0.2, 0.25) is 0 Å². The number of nitrogens with zero attached hydrogens (tertiary/aromatic N) is 2. The lowest BCUT2D eigenvalue weighted by Crippen LogP contribution is -2.29. The molecule has 0 rings (SSSR count). The summed E-state index contributed by atoms with van der Waals surface area (Å²) in [6, 6.07) is 0. The van der Waals surface area contributed by atoms with Gasteiger partial charge in [0.25, 0.3) is 0 Å². The smallest absolute Gasteiger partial charge is 0.147 e. The first-order valence-electron chi connectivity index (χ1n) is 5.58. The zero-order valence-electron chi connectivity index (χ0n) is 10.4. The minimum atomic E-state index is 0.924. The van der Waals surface area contributed by atoms with E-state index in [-0.39, 0.29) is 0 Å². The minimum absolute atomic E-state index is 0.924. The van der Waals surface area contributed by atoms with Crippen LogP contribution >= 0.6 is 68.6 Å². The zero-order valence-corrected chi connectivity index (χ0v) is 15.9. The Hall–Kier alpha value is 1.21. The SMILES string of the molecule is CCN(CC)C(=S)SSC(=S)N(CC)CCI. The fraction of sp³-hybridized carbons (Fsp3) is 0.800. The van der Waals surface area contributed by atoms with Crippen molar-refractivity contribution in [3.8, 4) is 0 Å². The molecular weight excluding hydrogens is 403 g/mol. The summed E-state index contributed by atoms with van der Waals surface area (Å²) in [6.45, 7) is 10.3. The van der Waals surface area contributed by atoms with Gasteiger partial charge >= 0.3 is 0 Å². The highest BCUT2D eigenvalue weighted by Gasteiger charge is 2.12. The lowest BCUT2D eigenvalue weighted by atomic mass is 10.6. The van der Waals surface area contributed by atoms with E-state index in [0.29, 0.717) is 0 Å². The van der Waals surface area contributed by atoms with Crippen LogP contribution in [0.25, 0.3) is 0 Å². The van der Waals surface area contributed by atoms with Crippen molar-refractivity contribution in [2.75, 3.05) is 30.6 Å². The molecule has 0 bridgehead atoms. The molecule has 0 fully saturated rings. The van der Waals surface area contributed by atoms with Gasteiger partial charge in [-0.15, -0.1) is 0 Å². The van der Waals surface area contributed by atoms with Crippen LogP contribution in [0.15, 0.2) is 0 Å². The molecule has 0 unspecified atom stereocenters. The molecule has 0 saturated carbocycles. The van der Waals surface area contributed by atoms with Crippen LogP contribution in [0, 0.1) is 0 Å². The van der Waals surface area contributed by atoms with Crippen molar-refractivity contribution in [2.24, 2.45) is 0 Å². The Morgan fingerprint density at radius 2 is 1.35 bits per heavy atom. The molecule has 0 aromatic rings. The van der Waals surface area contributed by atoms with E-state index in [9.17, 15) is 0 Å². The number of halogens is 1. The summed E-state index contributed by atoms with van der Waals surface area (Å²) in [6.07, 6.45) is 0. The van der Waals surface area contributed by atoms with Crippen molar-refractivity contribution >= 4 is 77.3 Å². The van der Waals surface area contributed by atoms with Gasteiger partial charge in [0.1, 0.15) is 8.64 Å². The van der Waals surface area contributed by atoms with E-state index in [1.54, 1.807) is 21.6 Å². The second-order valence-electron chi connectivity index (χ2n) is 3.14. The molecular formula is C10H19IN2S4. The fourth-order valence-electron chi connectivity index (χ4n) is 1.14. The molecule has 0 saturated heterocycles. The first-order chi connectivity index (χ1) is 8.10. The van der Waals surface area contributed by atoms with Crippen LogP contribution in [-0.4, -0.2) is 49.0 Å². The van der Waals surface area contributed by atoms with Crippen molar-refractivity contribution in [1.29, 1.82) is 0 Å². The third-order valence-corrected chi connectivity index (χ3v) is 6.41. The Morgan fingerprint density at radius 3 is 1.71 bits per heavy atom. The molecule has 0 heterocycles. The van der Waals surface area contributed by atoms with Crippen molar-refractivity contribution in [3.63, 3.8) is 0 Å². The summed E-state index contributed by atoms with van der Waals surface area (Å²) in [5.41, 5.74) is 0. The first kappa shape index (κ1) is 18.2. The molecule has 0 N–H and O–H groups in total. The quantitative estimate of drug-likeness (QED) is 0.284. The topological polar surface area (TPSA) is 6.48 Å². The fourth-order valence-corrected chi connectivity index (χ4v) is 4.70. The highest BCUT2D eigenvalue weighted by Crippen LogP contribution is 2.28. The van der Waals surface area contributed by atoms with E-state index < -0.39 is 0 Å². The standard InChI is InChI=1S/C10H19IN2S4/c1-4-12(5-2)9(14)16-17-10(15)13(6-3)8-7-11/h4-8H2,1-3H3. The lowest BCUT2D eigenvalue weighted by molar-refractivity contribution is 0.482. The van der Waals surface area contributed by atoms with E-state index >= 15 is 0 Å². The average Bonchev–Trinajstić information content (AvgIpc) is 2.34. The monoisotopic (exact) mass is 422 g/mol. The summed E-state index contributed by atoms with van der Waals surface area (Å²) >= 11 is 13.1. The van der Waals surface area contributed by atoms with E-state index in [1.165, 1.54) is 0 Å². The maximum atomic E-state index is 5.40. The second kappa shape index (κ2) is 11.1. The molecule has 0 aliphatic carbocycles. The van der Waals surface area contributed by atoms with Gasteiger partial charge in [-0.1, -0.05) is 47.0 Å². The molecule has 0 amide bonds. The zero-order chi connectivity index (χ0) is 13.3. The van der Waals surface area contributed by atoms with Gasteiger partial charge in [-0.2, -0.15) is 0 Å². The molecule has 7 heteroatoms. The van der Waals surface area contributed by atoms with E-state index in [1.807, 2.05) is 0 Å². The first-order valence-corrected chi connectivity index (χ1v) is 10.1. The molecule has 0 aliphatic heterocycles.